The molecule has 0 fully saturated rings. The fraction of sp³-hybridized carbons (Fsp3) is 0.708. The first-order valence-corrected chi connectivity index (χ1v) is 11.3. The molecule has 0 radical (unpaired) electrons. The average Bonchev–Trinajstić information content (AvgIpc) is 2.70. The van der Waals surface area contributed by atoms with Crippen LogP contribution in [0.15, 0.2) is 23.2 Å². The molecule has 0 unspecified atom stereocenters. The van der Waals surface area contributed by atoms with Crippen LogP contribution in [0.5, 0.6) is 11.5 Å². The molecule has 0 aliphatic carbocycles. The SMILES string of the molecule is CCCCCCCCCCCCCCOc1ccc(C=NCCCO)c(O)c1. The lowest BCUT2D eigenvalue weighted by atomic mass is 10.1. The van der Waals surface area contributed by atoms with Crippen molar-refractivity contribution in [2.45, 2.75) is 90.4 Å². The lowest BCUT2D eigenvalue weighted by Gasteiger charge is -2.08. The quantitative estimate of drug-likeness (QED) is 0.229. The van der Waals surface area contributed by atoms with Crippen LogP contribution in [0.2, 0.25) is 0 Å². The number of phenols is 1. The fourth-order valence-corrected chi connectivity index (χ4v) is 3.18. The molecule has 0 saturated carbocycles. The molecule has 160 valence electrons. The Kier molecular flexibility index (Phi) is 15.3. The van der Waals surface area contributed by atoms with Gasteiger partial charge in [0.25, 0.3) is 0 Å². The van der Waals surface area contributed by atoms with Crippen LogP contribution in [0, 0.1) is 0 Å². The van der Waals surface area contributed by atoms with E-state index >= 15 is 0 Å². The Balaban J connectivity index is 2.01. The number of phenolic OH excluding ortho intramolecular Hbond substituents is 1. The number of rotatable bonds is 18. The van der Waals surface area contributed by atoms with Crippen LogP contribution >= 0.6 is 0 Å². The van der Waals surface area contributed by atoms with Crippen molar-refractivity contribution in [2.24, 2.45) is 4.99 Å². The number of hydrogen-bond acceptors (Lipinski definition) is 4. The van der Waals surface area contributed by atoms with Crippen LogP contribution in [0.1, 0.15) is 96.0 Å². The molecular formula is C24H41NO3. The van der Waals surface area contributed by atoms with Gasteiger partial charge in [-0.15, -0.1) is 0 Å². The van der Waals surface area contributed by atoms with Crippen LogP contribution in [0.3, 0.4) is 0 Å². The van der Waals surface area contributed by atoms with Crippen molar-refractivity contribution in [3.05, 3.63) is 23.8 Å². The van der Waals surface area contributed by atoms with Crippen LogP contribution in [-0.2, 0) is 0 Å². The minimum absolute atomic E-state index is 0.134. The van der Waals surface area contributed by atoms with Crippen LogP contribution in [-0.4, -0.2) is 36.2 Å². The van der Waals surface area contributed by atoms with Gasteiger partial charge >= 0.3 is 0 Å². The highest BCUT2D eigenvalue weighted by Crippen LogP contribution is 2.22. The van der Waals surface area contributed by atoms with E-state index < -0.39 is 0 Å². The van der Waals surface area contributed by atoms with Gasteiger partial charge in [0.15, 0.2) is 0 Å². The molecule has 4 nitrogen and oxygen atoms in total. The van der Waals surface area contributed by atoms with E-state index in [4.69, 9.17) is 9.84 Å². The number of aliphatic imine (C=N–C) groups is 1. The molecule has 0 aliphatic heterocycles. The smallest absolute Gasteiger partial charge is 0.128 e. The Hall–Kier alpha value is -1.55. The van der Waals surface area contributed by atoms with E-state index in [1.807, 2.05) is 12.1 Å². The van der Waals surface area contributed by atoms with Crippen molar-refractivity contribution < 1.29 is 14.9 Å². The Morgan fingerprint density at radius 3 is 2.04 bits per heavy atom. The molecule has 1 aromatic rings. The maximum Gasteiger partial charge on any atom is 0.128 e. The molecule has 0 heterocycles. The summed E-state index contributed by atoms with van der Waals surface area (Å²) in [5.74, 6) is 0.882. The van der Waals surface area contributed by atoms with Gasteiger partial charge in [0, 0.05) is 31.0 Å². The molecule has 0 aromatic heterocycles. The maximum atomic E-state index is 10.0. The van der Waals surface area contributed by atoms with Crippen LogP contribution in [0.4, 0.5) is 0 Å². The summed E-state index contributed by atoms with van der Waals surface area (Å²) in [4.78, 5) is 4.18. The van der Waals surface area contributed by atoms with Gasteiger partial charge in [-0.3, -0.25) is 4.99 Å². The van der Waals surface area contributed by atoms with E-state index in [0.717, 1.165) is 6.42 Å². The number of hydrogen-bond donors (Lipinski definition) is 2. The van der Waals surface area contributed by atoms with Crippen LogP contribution < -0.4 is 4.74 Å². The zero-order valence-corrected chi connectivity index (χ0v) is 17.9. The highest BCUT2D eigenvalue weighted by molar-refractivity contribution is 5.83. The molecule has 2 N–H and O–H groups in total. The molecule has 0 amide bonds. The van der Waals surface area contributed by atoms with Crippen molar-refractivity contribution >= 4 is 6.21 Å². The van der Waals surface area contributed by atoms with Gasteiger partial charge in [0.1, 0.15) is 11.5 Å². The van der Waals surface area contributed by atoms with Gasteiger partial charge in [-0.2, -0.15) is 0 Å². The van der Waals surface area contributed by atoms with E-state index in [2.05, 4.69) is 11.9 Å². The second kappa shape index (κ2) is 17.5. The monoisotopic (exact) mass is 391 g/mol. The number of benzene rings is 1. The zero-order chi connectivity index (χ0) is 20.3. The van der Waals surface area contributed by atoms with Gasteiger partial charge in [0.2, 0.25) is 0 Å². The van der Waals surface area contributed by atoms with Crippen molar-refractivity contribution in [1.82, 2.24) is 0 Å². The Labute approximate surface area is 172 Å². The first-order chi connectivity index (χ1) is 13.8. The highest BCUT2D eigenvalue weighted by atomic mass is 16.5. The fourth-order valence-electron chi connectivity index (χ4n) is 3.18. The summed E-state index contributed by atoms with van der Waals surface area (Å²) in [5, 5.41) is 18.8. The largest absolute Gasteiger partial charge is 0.507 e. The maximum absolute atomic E-state index is 10.0. The lowest BCUT2D eigenvalue weighted by molar-refractivity contribution is 0.291. The summed E-state index contributed by atoms with van der Waals surface area (Å²) in [5.41, 5.74) is 0.677. The number of unbranched alkanes of at least 4 members (excludes halogenated alkanes) is 11. The number of aromatic hydroxyl groups is 1. The normalized spacial score (nSPS) is 11.4. The predicted molar refractivity (Wildman–Crippen MR) is 119 cm³/mol. The molecule has 28 heavy (non-hydrogen) atoms. The van der Waals surface area contributed by atoms with Crippen molar-refractivity contribution in [1.29, 1.82) is 0 Å². The molecule has 1 aromatic carbocycles. The van der Waals surface area contributed by atoms with Crippen molar-refractivity contribution in [3.8, 4) is 11.5 Å². The average molecular weight is 392 g/mol. The third kappa shape index (κ3) is 12.8. The number of aliphatic hydroxyl groups excluding tert-OH is 1. The van der Waals surface area contributed by atoms with E-state index in [1.54, 1.807) is 12.3 Å². The minimum Gasteiger partial charge on any atom is -0.507 e. The third-order valence-corrected chi connectivity index (χ3v) is 4.94. The van der Waals surface area contributed by atoms with E-state index in [-0.39, 0.29) is 12.4 Å². The summed E-state index contributed by atoms with van der Waals surface area (Å²) < 4.78 is 5.74. The molecule has 1 rings (SSSR count). The van der Waals surface area contributed by atoms with Gasteiger partial charge < -0.3 is 14.9 Å². The second-order valence-electron chi connectivity index (χ2n) is 7.57. The summed E-state index contributed by atoms with van der Waals surface area (Å²) in [6.07, 6.45) is 18.3. The molecule has 0 aliphatic rings. The van der Waals surface area contributed by atoms with E-state index in [0.29, 0.717) is 30.9 Å². The van der Waals surface area contributed by atoms with E-state index in [1.165, 1.54) is 70.6 Å². The van der Waals surface area contributed by atoms with Gasteiger partial charge in [-0.25, -0.2) is 0 Å². The Bertz CT molecular complexity index is 517. The minimum atomic E-state index is 0.134. The molecular weight excluding hydrogens is 350 g/mol. The lowest BCUT2D eigenvalue weighted by Crippen LogP contribution is -1.98. The second-order valence-corrected chi connectivity index (χ2v) is 7.57. The summed E-state index contributed by atoms with van der Waals surface area (Å²) in [6, 6.07) is 5.33. The van der Waals surface area contributed by atoms with Gasteiger partial charge in [-0.05, 0) is 25.0 Å². The molecule has 0 spiro atoms. The Morgan fingerprint density at radius 1 is 0.857 bits per heavy atom. The van der Waals surface area contributed by atoms with Crippen LogP contribution in [0.25, 0.3) is 0 Å². The first-order valence-electron chi connectivity index (χ1n) is 11.3. The number of nitrogens with zero attached hydrogens (tertiary/aromatic N) is 1. The zero-order valence-electron chi connectivity index (χ0n) is 17.9. The summed E-state index contributed by atoms with van der Waals surface area (Å²) in [6.45, 7) is 3.66. The van der Waals surface area contributed by atoms with Gasteiger partial charge in [0.05, 0.1) is 6.61 Å². The standard InChI is InChI=1S/C24H41NO3/c1-2-3-4-5-6-7-8-9-10-11-12-13-19-28-23-16-15-22(24(27)20-23)21-25-17-14-18-26/h15-16,20-21,26-27H,2-14,17-19H2,1H3. The van der Waals surface area contributed by atoms with Crippen molar-refractivity contribution in [3.63, 3.8) is 0 Å². The van der Waals surface area contributed by atoms with Gasteiger partial charge in [-0.1, -0.05) is 77.6 Å². The summed E-state index contributed by atoms with van der Waals surface area (Å²) in [7, 11) is 0. The van der Waals surface area contributed by atoms with Crippen molar-refractivity contribution in [2.75, 3.05) is 19.8 Å². The molecule has 0 bridgehead atoms. The first kappa shape index (κ1) is 24.5. The van der Waals surface area contributed by atoms with E-state index in [9.17, 15) is 5.11 Å². The molecule has 0 saturated heterocycles. The number of aliphatic hydroxyl groups is 1. The predicted octanol–water partition coefficient (Wildman–Crippen LogP) is 6.27. The Morgan fingerprint density at radius 2 is 1.46 bits per heavy atom. The highest BCUT2D eigenvalue weighted by Gasteiger charge is 2.02. The number of ether oxygens (including phenoxy) is 1. The third-order valence-electron chi connectivity index (χ3n) is 4.94. The molecule has 0 atom stereocenters. The summed E-state index contributed by atoms with van der Waals surface area (Å²) >= 11 is 0. The topological polar surface area (TPSA) is 62.0 Å². The molecule has 4 heteroatoms.